The van der Waals surface area contributed by atoms with Gasteiger partial charge in [0.2, 0.25) is 0 Å². The maximum Gasteiger partial charge on any atom is 0.139 e. The van der Waals surface area contributed by atoms with Gasteiger partial charge in [-0.15, -0.1) is 0 Å². The number of nitrogens with zero attached hydrogens (tertiary/aromatic N) is 2. The number of hydrogen-bond acceptors (Lipinski definition) is 3. The molecule has 3 nitrogen and oxygen atoms in total. The number of aromatic nitrogens is 1. The van der Waals surface area contributed by atoms with Crippen molar-refractivity contribution in [2.75, 3.05) is 31.1 Å². The van der Waals surface area contributed by atoms with Crippen molar-refractivity contribution in [3.63, 3.8) is 0 Å². The molecule has 0 saturated carbocycles. The van der Waals surface area contributed by atoms with Gasteiger partial charge < -0.3 is 10.2 Å². The normalized spacial score (nSPS) is 17.4. The highest BCUT2D eigenvalue weighted by atomic mass is 15.2. The monoisotopic (exact) mass is 175 g/mol. The molecular weight excluding hydrogens is 161 g/mol. The molecule has 2 heterocycles. The Labute approximate surface area is 79.6 Å². The second kappa shape index (κ2) is 3.79. The van der Waals surface area contributed by atoms with Gasteiger partial charge in [-0.05, 0) is 12.1 Å². The molecule has 0 aromatic carbocycles. The van der Waals surface area contributed by atoms with Gasteiger partial charge in [-0.3, -0.25) is 0 Å². The Balaban J connectivity index is 2.14. The van der Waals surface area contributed by atoms with E-state index in [9.17, 15) is 0 Å². The maximum absolute atomic E-state index is 4.36. The van der Waals surface area contributed by atoms with Crippen molar-refractivity contribution in [2.24, 2.45) is 0 Å². The van der Waals surface area contributed by atoms with Crippen LogP contribution in [0, 0.1) is 0 Å². The highest BCUT2D eigenvalue weighted by Crippen LogP contribution is 2.07. The summed E-state index contributed by atoms with van der Waals surface area (Å²) in [7, 11) is 2.10. The van der Waals surface area contributed by atoms with Crippen LogP contribution >= 0.6 is 0 Å². The SMILES string of the molecule is Bc1ccnc(N2CCNCC2)c1. The summed E-state index contributed by atoms with van der Waals surface area (Å²) in [5, 5.41) is 3.33. The first-order valence-electron chi connectivity index (χ1n) is 4.74. The molecule has 1 aliphatic rings. The van der Waals surface area contributed by atoms with Crippen LogP contribution in [0.3, 0.4) is 0 Å². The standard InChI is InChI=1S/C9H14BN3/c10-8-1-2-12-9(7-8)13-5-3-11-4-6-13/h1-2,7,11H,3-6,10H2. The van der Waals surface area contributed by atoms with Crippen LogP contribution in [-0.2, 0) is 0 Å². The predicted molar refractivity (Wildman–Crippen MR) is 57.5 cm³/mol. The average Bonchev–Trinajstić information content (AvgIpc) is 2.19. The molecule has 0 atom stereocenters. The van der Waals surface area contributed by atoms with Gasteiger partial charge in [-0.2, -0.15) is 0 Å². The smallest absolute Gasteiger partial charge is 0.139 e. The van der Waals surface area contributed by atoms with Crippen molar-refractivity contribution < 1.29 is 0 Å². The Hall–Kier alpha value is -1.03. The fraction of sp³-hybridized carbons (Fsp3) is 0.444. The Morgan fingerprint density at radius 2 is 2.15 bits per heavy atom. The number of pyridine rings is 1. The van der Waals surface area contributed by atoms with Crippen LogP contribution in [0.4, 0.5) is 5.82 Å². The molecule has 0 bridgehead atoms. The summed E-state index contributed by atoms with van der Waals surface area (Å²) in [6.07, 6.45) is 1.88. The molecule has 13 heavy (non-hydrogen) atoms. The van der Waals surface area contributed by atoms with Crippen LogP contribution in [0.2, 0.25) is 0 Å². The Bertz CT molecular complexity index is 284. The molecule has 1 aromatic heterocycles. The van der Waals surface area contributed by atoms with E-state index in [0.717, 1.165) is 32.0 Å². The van der Waals surface area contributed by atoms with E-state index < -0.39 is 0 Å². The molecule has 2 rings (SSSR count). The number of rotatable bonds is 1. The third-order valence-electron chi connectivity index (χ3n) is 2.34. The molecular formula is C9H14BN3. The second-order valence-corrected chi connectivity index (χ2v) is 3.43. The first-order valence-corrected chi connectivity index (χ1v) is 4.74. The molecule has 1 aliphatic heterocycles. The lowest BCUT2D eigenvalue weighted by Gasteiger charge is -2.28. The third kappa shape index (κ3) is 2.01. The molecule has 0 unspecified atom stereocenters. The highest BCUT2D eigenvalue weighted by Gasteiger charge is 2.10. The summed E-state index contributed by atoms with van der Waals surface area (Å²) in [4.78, 5) is 6.68. The molecule has 1 fully saturated rings. The minimum atomic E-state index is 1.07. The number of hydrogen-bond donors (Lipinski definition) is 1. The van der Waals surface area contributed by atoms with Crippen LogP contribution < -0.4 is 15.7 Å². The van der Waals surface area contributed by atoms with Crippen molar-refractivity contribution in [3.05, 3.63) is 18.3 Å². The summed E-state index contributed by atoms with van der Waals surface area (Å²) < 4.78 is 0. The Morgan fingerprint density at radius 1 is 1.38 bits per heavy atom. The summed E-state index contributed by atoms with van der Waals surface area (Å²) >= 11 is 0. The lowest BCUT2D eigenvalue weighted by molar-refractivity contribution is 0.585. The van der Waals surface area contributed by atoms with Crippen LogP contribution in [0.15, 0.2) is 18.3 Å². The van der Waals surface area contributed by atoms with Gasteiger partial charge in [0, 0.05) is 32.4 Å². The quantitative estimate of drug-likeness (QED) is 0.540. The maximum atomic E-state index is 4.36. The molecule has 0 amide bonds. The minimum absolute atomic E-state index is 1.07. The lowest BCUT2D eigenvalue weighted by Crippen LogP contribution is -2.44. The zero-order valence-electron chi connectivity index (χ0n) is 7.95. The van der Waals surface area contributed by atoms with Crippen LogP contribution in [0.25, 0.3) is 0 Å². The van der Waals surface area contributed by atoms with Gasteiger partial charge in [0.15, 0.2) is 0 Å². The van der Waals surface area contributed by atoms with E-state index in [1.54, 1.807) is 0 Å². The first-order chi connectivity index (χ1) is 6.36. The molecule has 0 radical (unpaired) electrons. The fourth-order valence-electron chi connectivity index (χ4n) is 1.59. The minimum Gasteiger partial charge on any atom is -0.354 e. The Kier molecular flexibility index (Phi) is 2.50. The number of piperazine rings is 1. The van der Waals surface area contributed by atoms with Gasteiger partial charge in [-0.1, -0.05) is 5.46 Å². The zero-order chi connectivity index (χ0) is 9.10. The number of nitrogens with one attached hydrogen (secondary N) is 1. The van der Waals surface area contributed by atoms with Crippen LogP contribution in [0.1, 0.15) is 0 Å². The largest absolute Gasteiger partial charge is 0.354 e. The van der Waals surface area contributed by atoms with Crippen molar-refractivity contribution in [1.82, 2.24) is 10.3 Å². The van der Waals surface area contributed by atoms with Crippen molar-refractivity contribution in [1.29, 1.82) is 0 Å². The van der Waals surface area contributed by atoms with E-state index in [1.807, 2.05) is 12.3 Å². The van der Waals surface area contributed by atoms with Gasteiger partial charge in [-0.25, -0.2) is 4.98 Å². The summed E-state index contributed by atoms with van der Waals surface area (Å²) in [6.45, 7) is 4.26. The Morgan fingerprint density at radius 3 is 2.85 bits per heavy atom. The molecule has 0 spiro atoms. The molecule has 1 saturated heterocycles. The predicted octanol–water partition coefficient (Wildman–Crippen LogP) is -1.25. The van der Waals surface area contributed by atoms with E-state index in [2.05, 4.69) is 29.1 Å². The van der Waals surface area contributed by atoms with E-state index in [4.69, 9.17) is 0 Å². The molecule has 68 valence electrons. The van der Waals surface area contributed by atoms with Gasteiger partial charge in [0.25, 0.3) is 0 Å². The first kappa shape index (κ1) is 8.57. The average molecular weight is 175 g/mol. The van der Waals surface area contributed by atoms with Gasteiger partial charge in [0.05, 0.1) is 0 Å². The van der Waals surface area contributed by atoms with Crippen molar-refractivity contribution >= 4 is 19.1 Å². The molecule has 1 N–H and O–H groups in total. The topological polar surface area (TPSA) is 28.2 Å². The highest BCUT2D eigenvalue weighted by molar-refractivity contribution is 6.32. The second-order valence-electron chi connectivity index (χ2n) is 3.43. The number of anilines is 1. The zero-order valence-corrected chi connectivity index (χ0v) is 7.95. The van der Waals surface area contributed by atoms with Crippen molar-refractivity contribution in [3.8, 4) is 0 Å². The van der Waals surface area contributed by atoms with Crippen LogP contribution in [-0.4, -0.2) is 39.0 Å². The van der Waals surface area contributed by atoms with Gasteiger partial charge in [0.1, 0.15) is 13.7 Å². The third-order valence-corrected chi connectivity index (χ3v) is 2.34. The lowest BCUT2D eigenvalue weighted by atomic mass is 9.98. The van der Waals surface area contributed by atoms with Crippen LogP contribution in [0.5, 0.6) is 0 Å². The molecule has 4 heteroatoms. The summed E-state index contributed by atoms with van der Waals surface area (Å²) in [5.41, 5.74) is 1.28. The van der Waals surface area contributed by atoms with Gasteiger partial charge >= 0.3 is 0 Å². The van der Waals surface area contributed by atoms with Crippen molar-refractivity contribution in [2.45, 2.75) is 0 Å². The van der Waals surface area contributed by atoms with E-state index in [1.165, 1.54) is 5.46 Å². The fourth-order valence-corrected chi connectivity index (χ4v) is 1.59. The molecule has 1 aromatic rings. The summed E-state index contributed by atoms with van der Waals surface area (Å²) in [5.74, 6) is 1.11. The summed E-state index contributed by atoms with van der Waals surface area (Å²) in [6, 6.07) is 4.18. The molecule has 0 aliphatic carbocycles. The van der Waals surface area contributed by atoms with E-state index in [0.29, 0.717) is 0 Å². The van der Waals surface area contributed by atoms with E-state index in [-0.39, 0.29) is 0 Å². The van der Waals surface area contributed by atoms with E-state index >= 15 is 0 Å².